The third-order valence-electron chi connectivity index (χ3n) is 2.49. The summed E-state index contributed by atoms with van der Waals surface area (Å²) in [6, 6.07) is 6.81. The van der Waals surface area contributed by atoms with Gasteiger partial charge in [0.15, 0.2) is 11.2 Å². The summed E-state index contributed by atoms with van der Waals surface area (Å²) in [7, 11) is 1.52. The molecule has 0 saturated heterocycles. The minimum Gasteiger partial charge on any atom is -1.00 e. The first-order chi connectivity index (χ1) is 7.79. The van der Waals surface area contributed by atoms with Crippen LogP contribution in [0.3, 0.4) is 0 Å². The Morgan fingerprint density at radius 3 is 2.71 bits per heavy atom. The van der Waals surface area contributed by atoms with E-state index in [4.69, 9.17) is 13.6 Å². The average Bonchev–Trinajstić information content (AvgIpc) is 2.73. The van der Waals surface area contributed by atoms with Gasteiger partial charge in [-0.05, 0) is 18.2 Å². The summed E-state index contributed by atoms with van der Waals surface area (Å²) in [4.78, 5) is 11.2. The SMILES string of the molecule is COc1c2occc2cc2ccc(=O)oc12.[H-].[Li+]. The number of hydrogen-bond acceptors (Lipinski definition) is 4. The molecular formula is C12H9LiO4. The van der Waals surface area contributed by atoms with Crippen LogP contribution >= 0.6 is 0 Å². The van der Waals surface area contributed by atoms with E-state index in [1.165, 1.54) is 13.2 Å². The number of methoxy groups -OCH3 is 1. The van der Waals surface area contributed by atoms with Gasteiger partial charge >= 0.3 is 24.5 Å². The first-order valence-corrected chi connectivity index (χ1v) is 4.77. The van der Waals surface area contributed by atoms with Crippen LogP contribution in [0.15, 0.2) is 44.2 Å². The molecule has 0 saturated carbocycles. The van der Waals surface area contributed by atoms with Gasteiger partial charge in [0, 0.05) is 16.8 Å². The number of rotatable bonds is 1. The maximum Gasteiger partial charge on any atom is 1.00 e. The van der Waals surface area contributed by atoms with E-state index in [1.807, 2.05) is 12.1 Å². The summed E-state index contributed by atoms with van der Waals surface area (Å²) in [5.41, 5.74) is 0.596. The Kier molecular flexibility index (Phi) is 3.01. The minimum atomic E-state index is -0.406. The van der Waals surface area contributed by atoms with E-state index in [-0.39, 0.29) is 20.3 Å². The van der Waals surface area contributed by atoms with Crippen LogP contribution in [0.5, 0.6) is 5.75 Å². The molecule has 17 heavy (non-hydrogen) atoms. The average molecular weight is 224 g/mol. The van der Waals surface area contributed by atoms with Gasteiger partial charge < -0.3 is 15.0 Å². The molecule has 1 aromatic carbocycles. The van der Waals surface area contributed by atoms with Gasteiger partial charge in [-0.15, -0.1) is 0 Å². The van der Waals surface area contributed by atoms with Crippen LogP contribution in [-0.2, 0) is 0 Å². The molecule has 0 aliphatic rings. The van der Waals surface area contributed by atoms with E-state index in [0.717, 1.165) is 10.8 Å². The smallest absolute Gasteiger partial charge is 1.00 e. The second-order valence-electron chi connectivity index (χ2n) is 3.42. The number of benzene rings is 1. The van der Waals surface area contributed by atoms with Gasteiger partial charge in [-0.2, -0.15) is 0 Å². The van der Waals surface area contributed by atoms with Crippen molar-refractivity contribution in [2.24, 2.45) is 0 Å². The third-order valence-corrected chi connectivity index (χ3v) is 2.49. The molecule has 0 atom stereocenters. The topological polar surface area (TPSA) is 52.6 Å². The zero-order chi connectivity index (χ0) is 11.1. The van der Waals surface area contributed by atoms with Gasteiger partial charge in [-0.3, -0.25) is 0 Å². The maximum atomic E-state index is 11.2. The summed E-state index contributed by atoms with van der Waals surface area (Å²) in [5.74, 6) is 0.454. The Bertz CT molecular complexity index is 732. The fourth-order valence-electron chi connectivity index (χ4n) is 1.79. The fraction of sp³-hybridized carbons (Fsp3) is 0.0833. The number of furan rings is 1. The minimum absolute atomic E-state index is 0. The first kappa shape index (κ1) is 11.8. The molecule has 0 unspecified atom stereocenters. The third kappa shape index (κ3) is 1.76. The van der Waals surface area contributed by atoms with Crippen molar-refractivity contribution in [3.63, 3.8) is 0 Å². The second-order valence-corrected chi connectivity index (χ2v) is 3.42. The molecule has 3 rings (SSSR count). The Morgan fingerprint density at radius 2 is 1.94 bits per heavy atom. The molecule has 5 heteroatoms. The predicted molar refractivity (Wildman–Crippen MR) is 59.9 cm³/mol. The zero-order valence-electron chi connectivity index (χ0n) is 10.5. The van der Waals surface area contributed by atoms with Crippen LogP contribution in [0.4, 0.5) is 0 Å². The van der Waals surface area contributed by atoms with Crippen molar-refractivity contribution >= 4 is 21.9 Å². The van der Waals surface area contributed by atoms with Crippen molar-refractivity contribution in [2.75, 3.05) is 7.11 Å². The first-order valence-electron chi connectivity index (χ1n) is 4.77. The summed E-state index contributed by atoms with van der Waals surface area (Å²) in [6.07, 6.45) is 1.57. The van der Waals surface area contributed by atoms with E-state index in [2.05, 4.69) is 0 Å². The quantitative estimate of drug-likeness (QED) is 0.419. The van der Waals surface area contributed by atoms with Crippen molar-refractivity contribution < 1.29 is 33.9 Å². The van der Waals surface area contributed by atoms with E-state index < -0.39 is 5.63 Å². The van der Waals surface area contributed by atoms with Gasteiger partial charge in [-0.25, -0.2) is 4.79 Å². The zero-order valence-corrected chi connectivity index (χ0v) is 9.52. The van der Waals surface area contributed by atoms with E-state index in [0.29, 0.717) is 16.9 Å². The predicted octanol–water partition coefficient (Wildman–Crippen LogP) is -0.336. The molecule has 0 aliphatic carbocycles. The van der Waals surface area contributed by atoms with E-state index in [9.17, 15) is 4.79 Å². The summed E-state index contributed by atoms with van der Waals surface area (Å²) in [6.45, 7) is 0. The van der Waals surface area contributed by atoms with Crippen molar-refractivity contribution in [1.29, 1.82) is 0 Å². The summed E-state index contributed by atoms with van der Waals surface area (Å²) in [5, 5.41) is 1.73. The molecule has 0 N–H and O–H groups in total. The molecule has 0 spiro atoms. The fourth-order valence-corrected chi connectivity index (χ4v) is 1.79. The summed E-state index contributed by atoms with van der Waals surface area (Å²) < 4.78 is 15.6. The molecule has 4 nitrogen and oxygen atoms in total. The van der Waals surface area contributed by atoms with Gasteiger partial charge in [0.25, 0.3) is 0 Å². The van der Waals surface area contributed by atoms with Crippen LogP contribution in [0, 0.1) is 0 Å². The molecular weight excluding hydrogens is 215 g/mol. The Hall–Kier alpha value is -1.63. The molecule has 0 bridgehead atoms. The normalized spacial score (nSPS) is 10.4. The Labute approximate surface area is 110 Å². The van der Waals surface area contributed by atoms with Gasteiger partial charge in [0.1, 0.15) is 0 Å². The van der Waals surface area contributed by atoms with Crippen LogP contribution in [0.2, 0.25) is 0 Å². The Morgan fingerprint density at radius 1 is 1.18 bits per heavy atom. The summed E-state index contributed by atoms with van der Waals surface area (Å²) >= 11 is 0. The monoisotopic (exact) mass is 224 g/mol. The molecule has 0 amide bonds. The molecule has 2 heterocycles. The Balaban J connectivity index is 0.000000810. The van der Waals surface area contributed by atoms with Crippen molar-refractivity contribution in [3.8, 4) is 5.75 Å². The number of ether oxygens (including phenoxy) is 1. The van der Waals surface area contributed by atoms with Gasteiger partial charge in [0.05, 0.1) is 13.4 Å². The van der Waals surface area contributed by atoms with Gasteiger partial charge in [0.2, 0.25) is 5.75 Å². The number of hydrogen-bond donors (Lipinski definition) is 0. The second kappa shape index (κ2) is 4.32. The van der Waals surface area contributed by atoms with Crippen LogP contribution in [0.25, 0.3) is 21.9 Å². The van der Waals surface area contributed by atoms with E-state index in [1.54, 1.807) is 12.3 Å². The molecule has 2 aromatic heterocycles. The molecule has 0 radical (unpaired) electrons. The molecule has 82 valence electrons. The van der Waals surface area contributed by atoms with Crippen LogP contribution in [-0.4, -0.2) is 7.11 Å². The molecule has 3 aromatic rings. The number of fused-ring (bicyclic) bond motifs is 2. The van der Waals surface area contributed by atoms with Crippen molar-refractivity contribution in [1.82, 2.24) is 0 Å². The molecule has 0 aliphatic heterocycles. The van der Waals surface area contributed by atoms with Crippen LogP contribution < -0.4 is 29.2 Å². The largest absolute Gasteiger partial charge is 1.00 e. The maximum absolute atomic E-state index is 11.2. The van der Waals surface area contributed by atoms with Gasteiger partial charge in [-0.1, -0.05) is 0 Å². The van der Waals surface area contributed by atoms with E-state index >= 15 is 0 Å². The van der Waals surface area contributed by atoms with Crippen LogP contribution in [0.1, 0.15) is 1.43 Å². The molecule has 0 fully saturated rings. The van der Waals surface area contributed by atoms with Crippen molar-refractivity contribution in [2.45, 2.75) is 0 Å². The van der Waals surface area contributed by atoms with Crippen molar-refractivity contribution in [3.05, 3.63) is 40.9 Å². The standard InChI is InChI=1S/C12H8O4.Li.H/c1-14-12-10-8(4-5-15-10)6-7-2-3-9(13)16-11(7)12;;/h2-6H,1H3;;/q;+1;-1.